The fourth-order valence-corrected chi connectivity index (χ4v) is 5.04. The van der Waals surface area contributed by atoms with Gasteiger partial charge in [0.25, 0.3) is 5.91 Å². The van der Waals surface area contributed by atoms with Crippen molar-refractivity contribution in [2.24, 2.45) is 5.92 Å². The molecule has 0 bridgehead atoms. The first-order valence-electron chi connectivity index (χ1n) is 13.0. The maximum absolute atomic E-state index is 13.4. The SMILES string of the molecule is Cc1ccc(CN2CCC(CNC(=O)c3cc(-c4ccc(C)c(C)c4)nc4ccccc34)CC2)cc1. The van der Waals surface area contributed by atoms with E-state index in [0.717, 1.165) is 54.6 Å². The number of para-hydroxylation sites is 1. The third kappa shape index (κ3) is 5.50. The Kier molecular flexibility index (Phi) is 7.15. The van der Waals surface area contributed by atoms with Gasteiger partial charge in [0.2, 0.25) is 0 Å². The first-order valence-corrected chi connectivity index (χ1v) is 13.0. The van der Waals surface area contributed by atoms with Crippen LogP contribution in [0, 0.1) is 26.7 Å². The van der Waals surface area contributed by atoms with Crippen LogP contribution in [0.5, 0.6) is 0 Å². The summed E-state index contributed by atoms with van der Waals surface area (Å²) in [6, 6.07) is 25.1. The van der Waals surface area contributed by atoms with Crippen molar-refractivity contribution in [3.05, 3.63) is 101 Å². The van der Waals surface area contributed by atoms with Crippen LogP contribution in [-0.4, -0.2) is 35.4 Å². The Morgan fingerprint density at radius 1 is 0.917 bits per heavy atom. The highest BCUT2D eigenvalue weighted by molar-refractivity contribution is 6.07. The van der Waals surface area contributed by atoms with Crippen LogP contribution in [0.2, 0.25) is 0 Å². The minimum atomic E-state index is -0.0132. The number of fused-ring (bicyclic) bond motifs is 1. The summed E-state index contributed by atoms with van der Waals surface area (Å²) in [6.45, 7) is 10.2. The van der Waals surface area contributed by atoms with Gasteiger partial charge in [0.1, 0.15) is 0 Å². The van der Waals surface area contributed by atoms with Crippen LogP contribution < -0.4 is 5.32 Å². The molecule has 2 heterocycles. The van der Waals surface area contributed by atoms with Gasteiger partial charge in [-0.2, -0.15) is 0 Å². The van der Waals surface area contributed by atoms with Crippen molar-refractivity contribution in [2.45, 2.75) is 40.2 Å². The number of rotatable bonds is 6. The first-order chi connectivity index (χ1) is 17.5. The molecule has 1 aromatic heterocycles. The Bertz CT molecular complexity index is 1370. The molecule has 4 nitrogen and oxygen atoms in total. The van der Waals surface area contributed by atoms with E-state index in [1.54, 1.807) is 0 Å². The Hall–Kier alpha value is -3.50. The van der Waals surface area contributed by atoms with E-state index in [1.165, 1.54) is 22.3 Å². The van der Waals surface area contributed by atoms with E-state index < -0.39 is 0 Å². The first kappa shape index (κ1) is 24.2. The molecule has 0 unspecified atom stereocenters. The molecule has 4 heteroatoms. The second-order valence-corrected chi connectivity index (χ2v) is 10.3. The van der Waals surface area contributed by atoms with E-state index in [4.69, 9.17) is 4.98 Å². The summed E-state index contributed by atoms with van der Waals surface area (Å²) in [5, 5.41) is 4.14. The van der Waals surface area contributed by atoms with Gasteiger partial charge in [0.05, 0.1) is 16.8 Å². The molecule has 184 valence electrons. The van der Waals surface area contributed by atoms with Crippen LogP contribution in [0.25, 0.3) is 22.2 Å². The lowest BCUT2D eigenvalue weighted by Gasteiger charge is -2.32. The maximum atomic E-state index is 13.4. The van der Waals surface area contributed by atoms with E-state index in [9.17, 15) is 4.79 Å². The Morgan fingerprint density at radius 3 is 2.42 bits per heavy atom. The Morgan fingerprint density at radius 2 is 1.67 bits per heavy atom. The molecule has 1 fully saturated rings. The van der Waals surface area contributed by atoms with Gasteiger partial charge >= 0.3 is 0 Å². The number of benzene rings is 3. The molecule has 5 rings (SSSR count). The summed E-state index contributed by atoms with van der Waals surface area (Å²) >= 11 is 0. The number of likely N-dealkylation sites (tertiary alicyclic amines) is 1. The van der Waals surface area contributed by atoms with E-state index >= 15 is 0 Å². The van der Waals surface area contributed by atoms with E-state index in [2.05, 4.69) is 73.5 Å². The van der Waals surface area contributed by atoms with Crippen LogP contribution in [0.1, 0.15) is 45.5 Å². The molecule has 1 N–H and O–H groups in total. The average molecular weight is 478 g/mol. The van der Waals surface area contributed by atoms with Crippen LogP contribution in [-0.2, 0) is 6.54 Å². The predicted octanol–water partition coefficient (Wildman–Crippen LogP) is 6.47. The third-order valence-corrected chi connectivity index (χ3v) is 7.55. The van der Waals surface area contributed by atoms with Crippen molar-refractivity contribution >= 4 is 16.8 Å². The number of carbonyl (C=O) groups is 1. The standard InChI is InChI=1S/C32H35N3O/c1-22-8-11-26(12-9-22)21-35-16-14-25(15-17-35)20-33-32(36)29-19-31(27-13-10-23(2)24(3)18-27)34-30-7-5-4-6-28(29)30/h4-13,18-19,25H,14-17,20-21H2,1-3H3,(H,33,36). The lowest BCUT2D eigenvalue weighted by atomic mass is 9.96. The highest BCUT2D eigenvalue weighted by Gasteiger charge is 2.21. The monoisotopic (exact) mass is 477 g/mol. The van der Waals surface area contributed by atoms with Crippen molar-refractivity contribution in [2.75, 3.05) is 19.6 Å². The van der Waals surface area contributed by atoms with Gasteiger partial charge in [-0.15, -0.1) is 0 Å². The summed E-state index contributed by atoms with van der Waals surface area (Å²) in [7, 11) is 0. The molecule has 1 saturated heterocycles. The number of pyridine rings is 1. The molecule has 0 saturated carbocycles. The summed E-state index contributed by atoms with van der Waals surface area (Å²) in [4.78, 5) is 20.8. The number of piperidine rings is 1. The number of amides is 1. The number of hydrogen-bond acceptors (Lipinski definition) is 3. The fourth-order valence-electron chi connectivity index (χ4n) is 5.04. The minimum Gasteiger partial charge on any atom is -0.352 e. The molecular weight excluding hydrogens is 442 g/mol. The zero-order chi connectivity index (χ0) is 25.1. The number of aryl methyl sites for hydroxylation is 3. The largest absolute Gasteiger partial charge is 0.352 e. The molecule has 3 aromatic carbocycles. The van der Waals surface area contributed by atoms with E-state index in [1.807, 2.05) is 30.3 Å². The molecule has 1 aliphatic heterocycles. The lowest BCUT2D eigenvalue weighted by Crippen LogP contribution is -2.38. The molecule has 36 heavy (non-hydrogen) atoms. The third-order valence-electron chi connectivity index (χ3n) is 7.55. The summed E-state index contributed by atoms with van der Waals surface area (Å²) in [5.41, 5.74) is 8.58. The van der Waals surface area contributed by atoms with Gasteiger partial charge in [-0.25, -0.2) is 4.98 Å². The second kappa shape index (κ2) is 10.6. The number of nitrogens with zero attached hydrogens (tertiary/aromatic N) is 2. The van der Waals surface area contributed by atoms with Crippen LogP contribution in [0.4, 0.5) is 0 Å². The van der Waals surface area contributed by atoms with E-state index in [-0.39, 0.29) is 5.91 Å². The van der Waals surface area contributed by atoms with Crippen LogP contribution in [0.15, 0.2) is 72.8 Å². The maximum Gasteiger partial charge on any atom is 0.252 e. The normalized spacial score (nSPS) is 14.8. The van der Waals surface area contributed by atoms with Crippen molar-refractivity contribution in [1.29, 1.82) is 0 Å². The van der Waals surface area contributed by atoms with Crippen LogP contribution >= 0.6 is 0 Å². The van der Waals surface area contributed by atoms with Crippen molar-refractivity contribution in [1.82, 2.24) is 15.2 Å². The van der Waals surface area contributed by atoms with Crippen molar-refractivity contribution in [3.8, 4) is 11.3 Å². The van der Waals surface area contributed by atoms with E-state index in [0.29, 0.717) is 18.0 Å². The summed E-state index contributed by atoms with van der Waals surface area (Å²) < 4.78 is 0. The molecule has 0 atom stereocenters. The highest BCUT2D eigenvalue weighted by Crippen LogP contribution is 2.27. The quantitative estimate of drug-likeness (QED) is 0.346. The Balaban J connectivity index is 1.25. The number of aromatic nitrogens is 1. The van der Waals surface area contributed by atoms with Crippen molar-refractivity contribution < 1.29 is 4.79 Å². The van der Waals surface area contributed by atoms with Gasteiger partial charge in [-0.3, -0.25) is 9.69 Å². The molecule has 0 radical (unpaired) electrons. The van der Waals surface area contributed by atoms with Crippen molar-refractivity contribution in [3.63, 3.8) is 0 Å². The topological polar surface area (TPSA) is 45.2 Å². The zero-order valence-corrected chi connectivity index (χ0v) is 21.6. The zero-order valence-electron chi connectivity index (χ0n) is 21.6. The Labute approximate surface area is 214 Å². The average Bonchev–Trinajstić information content (AvgIpc) is 2.90. The molecule has 1 amide bonds. The molecule has 1 aliphatic rings. The van der Waals surface area contributed by atoms with Gasteiger partial charge in [-0.1, -0.05) is 60.2 Å². The van der Waals surface area contributed by atoms with Gasteiger partial charge in [0, 0.05) is 24.0 Å². The smallest absolute Gasteiger partial charge is 0.252 e. The summed E-state index contributed by atoms with van der Waals surface area (Å²) in [5.74, 6) is 0.497. The van der Waals surface area contributed by atoms with Gasteiger partial charge in [-0.05, 0) is 87.5 Å². The van der Waals surface area contributed by atoms with Gasteiger partial charge in [0.15, 0.2) is 0 Å². The predicted molar refractivity (Wildman–Crippen MR) is 148 cm³/mol. The molecule has 4 aromatic rings. The summed E-state index contributed by atoms with van der Waals surface area (Å²) in [6.07, 6.45) is 2.22. The molecule has 0 spiro atoms. The van der Waals surface area contributed by atoms with Crippen LogP contribution in [0.3, 0.4) is 0 Å². The fraction of sp³-hybridized carbons (Fsp3) is 0.312. The number of carbonyl (C=O) groups excluding carboxylic acids is 1. The highest BCUT2D eigenvalue weighted by atomic mass is 16.1. The second-order valence-electron chi connectivity index (χ2n) is 10.3. The van der Waals surface area contributed by atoms with Gasteiger partial charge < -0.3 is 5.32 Å². The lowest BCUT2D eigenvalue weighted by molar-refractivity contribution is 0.0937. The molecular formula is C32H35N3O. The minimum absolute atomic E-state index is 0.0132. The number of hydrogen-bond donors (Lipinski definition) is 1. The molecule has 0 aliphatic carbocycles. The number of nitrogens with one attached hydrogen (secondary N) is 1.